The van der Waals surface area contributed by atoms with Crippen molar-refractivity contribution in [2.75, 3.05) is 6.54 Å². The lowest BCUT2D eigenvalue weighted by atomic mass is 10.1. The molecular weight excluding hydrogens is 254 g/mol. The van der Waals surface area contributed by atoms with Gasteiger partial charge < -0.3 is 5.32 Å². The van der Waals surface area contributed by atoms with E-state index in [-0.39, 0.29) is 6.04 Å². The molecule has 2 rings (SSSR count). The highest BCUT2D eigenvalue weighted by molar-refractivity contribution is 5.14. The summed E-state index contributed by atoms with van der Waals surface area (Å²) in [6.45, 7) is 8.10. The van der Waals surface area contributed by atoms with Crippen LogP contribution in [0, 0.1) is 6.92 Å². The van der Waals surface area contributed by atoms with Crippen LogP contribution in [0.15, 0.2) is 6.07 Å². The van der Waals surface area contributed by atoms with Gasteiger partial charge in [0.15, 0.2) is 5.82 Å². The largest absolute Gasteiger partial charge is 0.308 e. The molecule has 2 aromatic heterocycles. The minimum absolute atomic E-state index is 0.167. The second-order valence-electron chi connectivity index (χ2n) is 4.93. The first kappa shape index (κ1) is 14.6. The van der Waals surface area contributed by atoms with Gasteiger partial charge in [-0.05, 0) is 38.1 Å². The lowest BCUT2D eigenvalue weighted by Gasteiger charge is -2.18. The predicted octanol–water partition coefficient (Wildman–Crippen LogP) is 1.02. The van der Waals surface area contributed by atoms with Gasteiger partial charge in [-0.3, -0.25) is 4.68 Å². The van der Waals surface area contributed by atoms with Gasteiger partial charge in [-0.15, -0.1) is 10.2 Å². The van der Waals surface area contributed by atoms with E-state index in [1.165, 1.54) is 10.5 Å². The van der Waals surface area contributed by atoms with Crippen molar-refractivity contribution in [2.45, 2.75) is 46.2 Å². The van der Waals surface area contributed by atoms with E-state index in [2.05, 4.69) is 45.7 Å². The molecule has 20 heavy (non-hydrogen) atoms. The normalized spacial score (nSPS) is 12.8. The van der Waals surface area contributed by atoms with Crippen molar-refractivity contribution in [2.24, 2.45) is 7.05 Å². The molecule has 0 aromatic carbocycles. The zero-order valence-corrected chi connectivity index (χ0v) is 12.7. The van der Waals surface area contributed by atoms with Crippen LogP contribution in [0.25, 0.3) is 0 Å². The first-order valence-corrected chi connectivity index (χ1v) is 7.14. The summed E-state index contributed by atoms with van der Waals surface area (Å²) < 4.78 is 2.04. The van der Waals surface area contributed by atoms with Crippen LogP contribution in [-0.2, 0) is 20.0 Å². The molecule has 0 bridgehead atoms. The van der Waals surface area contributed by atoms with Crippen LogP contribution in [0.2, 0.25) is 0 Å². The molecule has 7 nitrogen and oxygen atoms in total. The van der Waals surface area contributed by atoms with Gasteiger partial charge in [-0.25, -0.2) is 0 Å². The summed E-state index contributed by atoms with van der Waals surface area (Å²) in [7, 11) is 1.78. The average molecular weight is 277 g/mol. The molecule has 0 saturated carbocycles. The maximum Gasteiger partial charge on any atom is 0.176 e. The topological polar surface area (TPSA) is 73.5 Å². The average Bonchev–Trinajstić information content (AvgIpc) is 3.00. The predicted molar refractivity (Wildman–Crippen MR) is 76.2 cm³/mol. The highest BCUT2D eigenvalue weighted by Gasteiger charge is 2.19. The van der Waals surface area contributed by atoms with Crippen LogP contribution >= 0.6 is 0 Å². The maximum atomic E-state index is 4.52. The van der Waals surface area contributed by atoms with Crippen LogP contribution < -0.4 is 5.32 Å². The Morgan fingerprint density at radius 2 is 2.10 bits per heavy atom. The molecule has 1 atom stereocenters. The van der Waals surface area contributed by atoms with E-state index in [9.17, 15) is 0 Å². The molecule has 1 N–H and O–H groups in total. The van der Waals surface area contributed by atoms with E-state index in [1.54, 1.807) is 7.05 Å². The molecule has 0 radical (unpaired) electrons. The van der Waals surface area contributed by atoms with Crippen molar-refractivity contribution in [3.05, 3.63) is 23.3 Å². The molecule has 0 amide bonds. The Balaban J connectivity index is 2.21. The zero-order valence-electron chi connectivity index (χ0n) is 12.7. The van der Waals surface area contributed by atoms with Crippen molar-refractivity contribution >= 4 is 0 Å². The minimum atomic E-state index is 0.167. The number of nitrogens with zero attached hydrogens (tertiary/aromatic N) is 6. The molecule has 0 saturated heterocycles. The van der Waals surface area contributed by atoms with Gasteiger partial charge >= 0.3 is 0 Å². The Kier molecular flexibility index (Phi) is 4.84. The van der Waals surface area contributed by atoms with E-state index in [0.29, 0.717) is 0 Å². The zero-order chi connectivity index (χ0) is 14.5. The van der Waals surface area contributed by atoms with Crippen LogP contribution in [0.4, 0.5) is 0 Å². The molecular formula is C13H23N7. The maximum absolute atomic E-state index is 4.52. The van der Waals surface area contributed by atoms with Gasteiger partial charge in [-0.2, -0.15) is 9.90 Å². The fraction of sp³-hybridized carbons (Fsp3) is 0.692. The third-order valence-corrected chi connectivity index (χ3v) is 3.17. The molecule has 0 aliphatic heterocycles. The summed E-state index contributed by atoms with van der Waals surface area (Å²) in [5.41, 5.74) is 2.23. The van der Waals surface area contributed by atoms with Crippen LogP contribution in [-0.4, -0.2) is 36.5 Å². The number of tetrazole rings is 1. The second-order valence-corrected chi connectivity index (χ2v) is 4.93. The molecule has 1 unspecified atom stereocenters. The molecule has 2 heterocycles. The molecule has 2 aromatic rings. The van der Waals surface area contributed by atoms with Crippen molar-refractivity contribution in [3.63, 3.8) is 0 Å². The summed E-state index contributed by atoms with van der Waals surface area (Å²) in [4.78, 5) is 1.49. The number of rotatable bonds is 7. The van der Waals surface area contributed by atoms with E-state index >= 15 is 0 Å². The van der Waals surface area contributed by atoms with E-state index in [4.69, 9.17) is 0 Å². The standard InChI is InChI=1S/C13H23N7/c1-5-7-14-11(9-13-15-18-19(4)17-13)12-8-10(3)16-20(12)6-2/h8,11,14H,5-7,9H2,1-4H3. The van der Waals surface area contributed by atoms with E-state index in [0.717, 1.165) is 37.4 Å². The lowest BCUT2D eigenvalue weighted by Crippen LogP contribution is -2.27. The molecule has 110 valence electrons. The number of nitrogens with one attached hydrogen (secondary N) is 1. The van der Waals surface area contributed by atoms with Crippen LogP contribution in [0.1, 0.15) is 43.5 Å². The van der Waals surface area contributed by atoms with E-state index < -0.39 is 0 Å². The van der Waals surface area contributed by atoms with Crippen LogP contribution in [0.3, 0.4) is 0 Å². The van der Waals surface area contributed by atoms with Gasteiger partial charge in [-0.1, -0.05) is 6.92 Å². The fourth-order valence-corrected chi connectivity index (χ4v) is 2.29. The third-order valence-electron chi connectivity index (χ3n) is 3.17. The second kappa shape index (κ2) is 6.60. The number of hydrogen-bond acceptors (Lipinski definition) is 5. The molecule has 7 heteroatoms. The lowest BCUT2D eigenvalue weighted by molar-refractivity contribution is 0.470. The Hall–Kier alpha value is -1.76. The summed E-state index contributed by atoms with van der Waals surface area (Å²) in [6, 6.07) is 2.30. The molecule has 0 fully saturated rings. The SMILES string of the molecule is CCCNC(Cc1nnn(C)n1)c1cc(C)nn1CC. The number of aromatic nitrogens is 6. The highest BCUT2D eigenvalue weighted by atomic mass is 15.6. The van der Waals surface area contributed by atoms with E-state index in [1.807, 2.05) is 11.6 Å². The fourth-order valence-electron chi connectivity index (χ4n) is 2.29. The molecule has 0 spiro atoms. The monoisotopic (exact) mass is 277 g/mol. The molecule has 0 aliphatic carbocycles. The summed E-state index contributed by atoms with van der Waals surface area (Å²) in [5.74, 6) is 0.752. The summed E-state index contributed by atoms with van der Waals surface area (Å²) in [6.07, 6.45) is 1.81. The van der Waals surface area contributed by atoms with Crippen LogP contribution in [0.5, 0.6) is 0 Å². The summed E-state index contributed by atoms with van der Waals surface area (Å²) in [5, 5.41) is 20.3. The first-order valence-electron chi connectivity index (χ1n) is 7.14. The first-order chi connectivity index (χ1) is 9.63. The quantitative estimate of drug-likeness (QED) is 0.818. The van der Waals surface area contributed by atoms with Gasteiger partial charge in [0.25, 0.3) is 0 Å². The van der Waals surface area contributed by atoms with Gasteiger partial charge in [0.2, 0.25) is 0 Å². The Bertz CT molecular complexity index is 543. The number of aryl methyl sites for hydroxylation is 3. The highest BCUT2D eigenvalue weighted by Crippen LogP contribution is 2.18. The molecule has 0 aliphatic rings. The third kappa shape index (κ3) is 3.41. The number of hydrogen-bond donors (Lipinski definition) is 1. The van der Waals surface area contributed by atoms with Gasteiger partial charge in [0.1, 0.15) is 0 Å². The smallest absolute Gasteiger partial charge is 0.176 e. The van der Waals surface area contributed by atoms with Crippen molar-refractivity contribution in [3.8, 4) is 0 Å². The van der Waals surface area contributed by atoms with Crippen molar-refractivity contribution < 1.29 is 0 Å². The Morgan fingerprint density at radius 3 is 2.70 bits per heavy atom. The Labute approximate surface area is 119 Å². The minimum Gasteiger partial charge on any atom is -0.308 e. The van der Waals surface area contributed by atoms with Gasteiger partial charge in [0.05, 0.1) is 24.5 Å². The Morgan fingerprint density at radius 1 is 1.30 bits per heavy atom. The van der Waals surface area contributed by atoms with Crippen molar-refractivity contribution in [1.82, 2.24) is 35.3 Å². The van der Waals surface area contributed by atoms with Crippen molar-refractivity contribution in [1.29, 1.82) is 0 Å². The van der Waals surface area contributed by atoms with Gasteiger partial charge in [0, 0.05) is 13.0 Å². The summed E-state index contributed by atoms with van der Waals surface area (Å²) >= 11 is 0.